The molecule has 1 atom stereocenters. The van der Waals surface area contributed by atoms with Crippen molar-refractivity contribution in [3.8, 4) is 22.8 Å². The molecule has 0 spiro atoms. The van der Waals surface area contributed by atoms with E-state index in [0.717, 1.165) is 36.2 Å². The van der Waals surface area contributed by atoms with E-state index in [-0.39, 0.29) is 11.9 Å². The van der Waals surface area contributed by atoms with Gasteiger partial charge >= 0.3 is 0 Å². The summed E-state index contributed by atoms with van der Waals surface area (Å²) in [6.07, 6.45) is 2.86. The maximum absolute atomic E-state index is 13.4. The molecule has 2 aliphatic heterocycles. The number of ether oxygens (including phenoxy) is 2. The quantitative estimate of drug-likeness (QED) is 0.597. The van der Waals surface area contributed by atoms with Gasteiger partial charge in [-0.25, -0.2) is 9.67 Å². The minimum atomic E-state index is -0.0857. The molecule has 2 aromatic heterocycles. The summed E-state index contributed by atoms with van der Waals surface area (Å²) in [7, 11) is 0. The number of benzene rings is 1. The number of pyridine rings is 1. The lowest BCUT2D eigenvalue weighted by molar-refractivity contribution is 0.0948. The zero-order valence-corrected chi connectivity index (χ0v) is 20.4. The Bertz CT molecular complexity index is 1200. The summed E-state index contributed by atoms with van der Waals surface area (Å²) in [5.41, 5.74) is 2.89. The molecule has 8 heteroatoms. The summed E-state index contributed by atoms with van der Waals surface area (Å²) >= 11 is 0. The molecule has 1 saturated heterocycles. The van der Waals surface area contributed by atoms with Gasteiger partial charge in [0, 0.05) is 30.7 Å². The number of hydrogen-bond donors (Lipinski definition) is 1. The molecule has 0 bridgehead atoms. The number of likely N-dealkylation sites (tertiary alicyclic amines) is 1. The zero-order chi connectivity index (χ0) is 23.8. The van der Waals surface area contributed by atoms with E-state index >= 15 is 0 Å². The van der Waals surface area contributed by atoms with Crippen molar-refractivity contribution < 1.29 is 14.3 Å². The molecular formula is C26H33N5O3. The molecule has 1 amide bonds. The summed E-state index contributed by atoms with van der Waals surface area (Å²) in [5, 5.41) is 8.48. The minimum Gasteiger partial charge on any atom is -0.486 e. The van der Waals surface area contributed by atoms with Gasteiger partial charge in [0.15, 0.2) is 17.1 Å². The van der Waals surface area contributed by atoms with Gasteiger partial charge in [0.05, 0.1) is 22.8 Å². The van der Waals surface area contributed by atoms with E-state index in [9.17, 15) is 4.79 Å². The number of amides is 1. The number of nitrogens with zero attached hydrogens (tertiary/aromatic N) is 4. The van der Waals surface area contributed by atoms with Crippen molar-refractivity contribution >= 4 is 16.9 Å². The van der Waals surface area contributed by atoms with Crippen LogP contribution in [0.4, 0.5) is 0 Å². The van der Waals surface area contributed by atoms with E-state index in [1.807, 2.05) is 28.9 Å². The third-order valence-corrected chi connectivity index (χ3v) is 6.74. The van der Waals surface area contributed by atoms with Gasteiger partial charge in [-0.1, -0.05) is 0 Å². The first-order valence-electron chi connectivity index (χ1n) is 12.2. The van der Waals surface area contributed by atoms with Gasteiger partial charge in [-0.3, -0.25) is 4.79 Å². The van der Waals surface area contributed by atoms with Crippen LogP contribution in [0.15, 0.2) is 30.5 Å². The maximum Gasteiger partial charge on any atom is 0.252 e. The predicted octanol–water partition coefficient (Wildman–Crippen LogP) is 3.91. The summed E-state index contributed by atoms with van der Waals surface area (Å²) in [6, 6.07) is 8.31. The molecule has 8 nitrogen and oxygen atoms in total. The second kappa shape index (κ2) is 9.25. The Kier molecular flexibility index (Phi) is 6.16. The lowest BCUT2D eigenvalue weighted by atomic mass is 10.0. The smallest absolute Gasteiger partial charge is 0.252 e. The first kappa shape index (κ1) is 22.7. The number of fused-ring (bicyclic) bond motifs is 2. The molecule has 1 fully saturated rings. The number of hydrogen-bond acceptors (Lipinski definition) is 6. The van der Waals surface area contributed by atoms with E-state index in [0.29, 0.717) is 54.4 Å². The fourth-order valence-electron chi connectivity index (χ4n) is 4.76. The van der Waals surface area contributed by atoms with Crippen molar-refractivity contribution in [2.75, 3.05) is 32.8 Å². The van der Waals surface area contributed by atoms with Gasteiger partial charge in [0.2, 0.25) is 0 Å². The molecule has 1 N–H and O–H groups in total. The van der Waals surface area contributed by atoms with Crippen molar-refractivity contribution in [1.29, 1.82) is 0 Å². The van der Waals surface area contributed by atoms with Crippen LogP contribution >= 0.6 is 0 Å². The SMILES string of the molecule is CC(C)N1CCC(CNC(=O)c2cc(-c3ccc4c(c3)OCCO4)nc3c2cnn3C(C)C)C1. The van der Waals surface area contributed by atoms with Crippen molar-refractivity contribution in [2.45, 2.75) is 46.2 Å². The Labute approximate surface area is 200 Å². The Hall–Kier alpha value is -3.13. The first-order valence-corrected chi connectivity index (χ1v) is 12.2. The third-order valence-electron chi connectivity index (χ3n) is 6.74. The highest BCUT2D eigenvalue weighted by molar-refractivity contribution is 6.06. The van der Waals surface area contributed by atoms with Gasteiger partial charge in [-0.05, 0) is 70.8 Å². The van der Waals surface area contributed by atoms with Crippen LogP contribution in [0.25, 0.3) is 22.3 Å². The van der Waals surface area contributed by atoms with Gasteiger partial charge in [-0.15, -0.1) is 0 Å². The monoisotopic (exact) mass is 463 g/mol. The van der Waals surface area contributed by atoms with Gasteiger partial charge in [-0.2, -0.15) is 5.10 Å². The van der Waals surface area contributed by atoms with Crippen LogP contribution in [0.5, 0.6) is 11.5 Å². The van der Waals surface area contributed by atoms with Crippen molar-refractivity contribution in [3.63, 3.8) is 0 Å². The van der Waals surface area contributed by atoms with Crippen LogP contribution in [0.1, 0.15) is 50.5 Å². The molecule has 0 aliphatic carbocycles. The molecular weight excluding hydrogens is 430 g/mol. The van der Waals surface area contributed by atoms with E-state index in [4.69, 9.17) is 14.5 Å². The highest BCUT2D eigenvalue weighted by Crippen LogP contribution is 2.35. The highest BCUT2D eigenvalue weighted by Gasteiger charge is 2.25. The summed E-state index contributed by atoms with van der Waals surface area (Å²) in [4.78, 5) is 20.8. The van der Waals surface area contributed by atoms with Crippen LogP contribution in [-0.2, 0) is 0 Å². The standard InChI is InChI=1S/C26H33N5O3/c1-16(2)30-8-7-18(15-30)13-27-26(32)20-12-22(29-25-21(20)14-28-31(25)17(3)4)19-5-6-23-24(11-19)34-10-9-33-23/h5-6,11-12,14,16-18H,7-10,13,15H2,1-4H3,(H,27,32). The van der Waals surface area contributed by atoms with E-state index in [2.05, 4.69) is 43.0 Å². The van der Waals surface area contributed by atoms with Gasteiger partial charge in [0.1, 0.15) is 13.2 Å². The fourth-order valence-corrected chi connectivity index (χ4v) is 4.76. The number of nitrogens with one attached hydrogen (secondary N) is 1. The first-order chi connectivity index (χ1) is 16.4. The molecule has 1 unspecified atom stereocenters. The second-order valence-electron chi connectivity index (χ2n) is 9.79. The van der Waals surface area contributed by atoms with E-state index in [1.54, 1.807) is 6.20 Å². The summed E-state index contributed by atoms with van der Waals surface area (Å²) in [6.45, 7) is 12.4. The average molecular weight is 464 g/mol. The van der Waals surface area contributed by atoms with E-state index in [1.165, 1.54) is 0 Å². The predicted molar refractivity (Wildman–Crippen MR) is 131 cm³/mol. The number of carbonyl (C=O) groups excluding carboxylic acids is 1. The molecule has 180 valence electrons. The Morgan fingerprint density at radius 2 is 1.91 bits per heavy atom. The Morgan fingerprint density at radius 1 is 1.12 bits per heavy atom. The molecule has 1 aromatic carbocycles. The molecule has 5 rings (SSSR count). The number of aromatic nitrogens is 3. The maximum atomic E-state index is 13.4. The number of rotatable bonds is 6. The summed E-state index contributed by atoms with van der Waals surface area (Å²) in [5.74, 6) is 1.81. The van der Waals surface area contributed by atoms with Crippen LogP contribution in [0, 0.1) is 5.92 Å². The molecule has 34 heavy (non-hydrogen) atoms. The van der Waals surface area contributed by atoms with E-state index < -0.39 is 0 Å². The summed E-state index contributed by atoms with van der Waals surface area (Å²) < 4.78 is 13.3. The third kappa shape index (κ3) is 4.34. The molecule has 0 saturated carbocycles. The topological polar surface area (TPSA) is 81.5 Å². The highest BCUT2D eigenvalue weighted by atomic mass is 16.6. The number of carbonyl (C=O) groups is 1. The molecule has 0 radical (unpaired) electrons. The van der Waals surface area contributed by atoms with Crippen LogP contribution in [0.2, 0.25) is 0 Å². The lowest BCUT2D eigenvalue weighted by Gasteiger charge is -2.20. The molecule has 2 aliphatic rings. The minimum absolute atomic E-state index is 0.0857. The lowest BCUT2D eigenvalue weighted by Crippen LogP contribution is -2.33. The zero-order valence-electron chi connectivity index (χ0n) is 20.4. The van der Waals surface area contributed by atoms with Crippen LogP contribution < -0.4 is 14.8 Å². The molecule has 4 heterocycles. The van der Waals surface area contributed by atoms with Gasteiger partial charge in [0.25, 0.3) is 5.91 Å². The Morgan fingerprint density at radius 3 is 2.65 bits per heavy atom. The van der Waals surface area contributed by atoms with Crippen molar-refractivity contribution in [3.05, 3.63) is 36.0 Å². The van der Waals surface area contributed by atoms with Crippen molar-refractivity contribution in [2.24, 2.45) is 5.92 Å². The molecule has 3 aromatic rings. The van der Waals surface area contributed by atoms with Crippen molar-refractivity contribution in [1.82, 2.24) is 25.0 Å². The van der Waals surface area contributed by atoms with Crippen LogP contribution in [-0.4, -0.2) is 64.5 Å². The fraction of sp³-hybridized carbons (Fsp3) is 0.500. The normalized spacial score (nSPS) is 18.2. The van der Waals surface area contributed by atoms with Gasteiger partial charge < -0.3 is 19.7 Å². The largest absolute Gasteiger partial charge is 0.486 e. The van der Waals surface area contributed by atoms with Crippen LogP contribution in [0.3, 0.4) is 0 Å². The Balaban J connectivity index is 1.46. The second-order valence-corrected chi connectivity index (χ2v) is 9.79. The average Bonchev–Trinajstić information content (AvgIpc) is 3.49.